The van der Waals surface area contributed by atoms with Crippen molar-refractivity contribution in [3.8, 4) is 18.1 Å². The van der Waals surface area contributed by atoms with E-state index in [-0.39, 0.29) is 6.61 Å². The number of morpholine rings is 1. The molecule has 0 unspecified atom stereocenters. The summed E-state index contributed by atoms with van der Waals surface area (Å²) in [5.74, 6) is 3.31. The summed E-state index contributed by atoms with van der Waals surface area (Å²) in [6.45, 7) is 6.76. The molecular formula is C17H22NO3+. The summed E-state index contributed by atoms with van der Waals surface area (Å²) >= 11 is 0. The molecule has 2 rings (SSSR count). The highest BCUT2D eigenvalue weighted by atomic mass is 16.5. The summed E-state index contributed by atoms with van der Waals surface area (Å²) in [4.78, 5) is 11.0. The number of quaternary nitrogens is 1. The number of ether oxygens (including phenoxy) is 2. The number of hydrogen-bond acceptors (Lipinski definition) is 3. The molecule has 0 aliphatic carbocycles. The zero-order valence-electron chi connectivity index (χ0n) is 12.5. The summed E-state index contributed by atoms with van der Waals surface area (Å²) in [7, 11) is 0. The summed E-state index contributed by atoms with van der Waals surface area (Å²) in [6.07, 6.45) is 6.25. The molecule has 0 bridgehead atoms. The number of hydrogen-bond donors (Lipinski definition) is 0. The number of aldehydes is 1. The molecule has 1 heterocycles. The average Bonchev–Trinajstić information content (AvgIpc) is 2.49. The van der Waals surface area contributed by atoms with Crippen LogP contribution in [0.3, 0.4) is 0 Å². The number of aryl methyl sites for hydroxylation is 1. The highest BCUT2D eigenvalue weighted by molar-refractivity contribution is 5.50. The molecule has 0 spiro atoms. The Morgan fingerprint density at radius 3 is 2.86 bits per heavy atom. The van der Waals surface area contributed by atoms with Crippen molar-refractivity contribution in [2.45, 2.75) is 13.5 Å². The first-order chi connectivity index (χ1) is 10.2. The molecule has 4 heteroatoms. The lowest BCUT2D eigenvalue weighted by Crippen LogP contribution is -2.55. The summed E-state index contributed by atoms with van der Waals surface area (Å²) in [6, 6.07) is 6.17. The van der Waals surface area contributed by atoms with Crippen molar-refractivity contribution in [3.05, 3.63) is 29.3 Å². The lowest BCUT2D eigenvalue weighted by molar-refractivity contribution is -0.939. The maximum atomic E-state index is 11.0. The molecule has 1 aromatic carbocycles. The summed E-state index contributed by atoms with van der Waals surface area (Å²) in [5.41, 5.74) is 2.23. The van der Waals surface area contributed by atoms with E-state index in [9.17, 15) is 4.79 Å². The highest BCUT2D eigenvalue weighted by Gasteiger charge is 2.30. The Bertz CT molecular complexity index is 527. The first-order valence-electron chi connectivity index (χ1n) is 7.21. The number of nitrogens with zero attached hydrogens (tertiary/aromatic N) is 1. The van der Waals surface area contributed by atoms with Gasteiger partial charge in [-0.2, -0.15) is 0 Å². The Hall–Kier alpha value is -1.83. The second kappa shape index (κ2) is 7.26. The summed E-state index contributed by atoms with van der Waals surface area (Å²) in [5, 5.41) is 0. The monoisotopic (exact) mass is 288 g/mol. The van der Waals surface area contributed by atoms with E-state index in [1.54, 1.807) is 0 Å². The van der Waals surface area contributed by atoms with Crippen molar-refractivity contribution in [2.75, 3.05) is 39.5 Å². The molecule has 112 valence electrons. The maximum Gasteiger partial charge on any atom is 0.174 e. The van der Waals surface area contributed by atoms with Crippen LogP contribution in [-0.4, -0.2) is 50.2 Å². The largest absolute Gasteiger partial charge is 0.481 e. The smallest absolute Gasteiger partial charge is 0.174 e. The zero-order chi connectivity index (χ0) is 15.1. The van der Waals surface area contributed by atoms with Gasteiger partial charge in [-0.1, -0.05) is 18.1 Å². The molecule has 0 N–H and O–H groups in total. The third-order valence-corrected chi connectivity index (χ3v) is 3.96. The van der Waals surface area contributed by atoms with Crippen molar-refractivity contribution in [1.82, 2.24) is 0 Å². The fourth-order valence-electron chi connectivity index (χ4n) is 2.70. The van der Waals surface area contributed by atoms with E-state index >= 15 is 0 Å². The van der Waals surface area contributed by atoms with Gasteiger partial charge in [0, 0.05) is 5.56 Å². The minimum absolute atomic E-state index is 0.270. The molecule has 1 fully saturated rings. The Kier molecular flexibility index (Phi) is 5.38. The van der Waals surface area contributed by atoms with Crippen molar-refractivity contribution in [3.63, 3.8) is 0 Å². The van der Waals surface area contributed by atoms with Crippen molar-refractivity contribution < 1.29 is 18.8 Å². The van der Waals surface area contributed by atoms with Gasteiger partial charge >= 0.3 is 0 Å². The van der Waals surface area contributed by atoms with E-state index in [2.05, 4.69) is 12.0 Å². The van der Waals surface area contributed by atoms with E-state index in [1.807, 2.05) is 19.1 Å². The van der Waals surface area contributed by atoms with E-state index in [1.165, 1.54) is 0 Å². The molecule has 0 radical (unpaired) electrons. The van der Waals surface area contributed by atoms with Gasteiger partial charge in [-0.3, -0.25) is 4.79 Å². The van der Waals surface area contributed by atoms with Crippen LogP contribution < -0.4 is 4.74 Å². The van der Waals surface area contributed by atoms with Gasteiger partial charge in [0.1, 0.15) is 38.5 Å². The third-order valence-electron chi connectivity index (χ3n) is 3.96. The van der Waals surface area contributed by atoms with Gasteiger partial charge in [0.25, 0.3) is 0 Å². The van der Waals surface area contributed by atoms with Crippen LogP contribution in [0.2, 0.25) is 0 Å². The van der Waals surface area contributed by atoms with Gasteiger partial charge in [-0.05, 0) is 18.6 Å². The number of carbonyl (C=O) groups excluding carboxylic acids is 1. The highest BCUT2D eigenvalue weighted by Crippen LogP contribution is 2.23. The van der Waals surface area contributed by atoms with E-state index in [0.29, 0.717) is 19.8 Å². The van der Waals surface area contributed by atoms with Crippen LogP contribution in [0, 0.1) is 19.3 Å². The molecule has 0 saturated carbocycles. The van der Waals surface area contributed by atoms with Crippen LogP contribution in [0.15, 0.2) is 18.2 Å². The number of carbonyl (C=O) groups is 1. The molecule has 0 atom stereocenters. The van der Waals surface area contributed by atoms with Crippen LogP contribution in [0.5, 0.6) is 5.75 Å². The number of rotatable bonds is 6. The van der Waals surface area contributed by atoms with E-state index in [0.717, 1.165) is 47.3 Å². The average molecular weight is 288 g/mol. The molecule has 1 aliphatic rings. The predicted octanol–water partition coefficient (Wildman–Crippen LogP) is 1.55. The maximum absolute atomic E-state index is 11.0. The molecule has 21 heavy (non-hydrogen) atoms. The van der Waals surface area contributed by atoms with Crippen molar-refractivity contribution in [2.24, 2.45) is 0 Å². The van der Waals surface area contributed by atoms with Gasteiger partial charge in [0.05, 0.1) is 13.2 Å². The van der Waals surface area contributed by atoms with Crippen LogP contribution in [0.1, 0.15) is 11.1 Å². The number of benzene rings is 1. The predicted molar refractivity (Wildman–Crippen MR) is 81.0 cm³/mol. The quantitative estimate of drug-likeness (QED) is 0.453. The molecule has 0 amide bonds. The Morgan fingerprint density at radius 1 is 1.43 bits per heavy atom. The van der Waals surface area contributed by atoms with Gasteiger partial charge < -0.3 is 14.0 Å². The topological polar surface area (TPSA) is 35.5 Å². The molecule has 1 aliphatic heterocycles. The lowest BCUT2D eigenvalue weighted by atomic mass is 10.1. The fourth-order valence-corrected chi connectivity index (χ4v) is 2.70. The van der Waals surface area contributed by atoms with Crippen molar-refractivity contribution >= 4 is 6.29 Å². The van der Waals surface area contributed by atoms with Gasteiger partial charge in [0.15, 0.2) is 6.29 Å². The fraction of sp³-hybridized carbons (Fsp3) is 0.471. The number of terminal acetylenes is 1. The summed E-state index contributed by atoms with van der Waals surface area (Å²) < 4.78 is 11.7. The zero-order valence-corrected chi connectivity index (χ0v) is 12.5. The molecule has 0 aromatic heterocycles. The van der Waals surface area contributed by atoms with Crippen molar-refractivity contribution in [1.29, 1.82) is 0 Å². The van der Waals surface area contributed by atoms with Crippen LogP contribution in [0.4, 0.5) is 0 Å². The normalized spacial score (nSPS) is 17.0. The van der Waals surface area contributed by atoms with E-state index in [4.69, 9.17) is 15.9 Å². The minimum atomic E-state index is 0.270. The van der Waals surface area contributed by atoms with E-state index < -0.39 is 0 Å². The van der Waals surface area contributed by atoms with Crippen LogP contribution >= 0.6 is 0 Å². The van der Waals surface area contributed by atoms with Crippen LogP contribution in [-0.2, 0) is 16.1 Å². The molecule has 1 saturated heterocycles. The molecule has 4 nitrogen and oxygen atoms in total. The second-order valence-electron chi connectivity index (χ2n) is 5.50. The Balaban J connectivity index is 2.16. The SMILES string of the molecule is C#CCOc1cc(C[N+]2(CC=O)CCOCC2)ccc1C. The van der Waals surface area contributed by atoms with Crippen LogP contribution in [0.25, 0.3) is 0 Å². The Morgan fingerprint density at radius 2 is 2.19 bits per heavy atom. The first-order valence-corrected chi connectivity index (χ1v) is 7.21. The van der Waals surface area contributed by atoms with Gasteiger partial charge in [-0.15, -0.1) is 6.42 Å². The lowest BCUT2D eigenvalue weighted by Gasteiger charge is -2.40. The Labute approximate surface area is 126 Å². The second-order valence-corrected chi connectivity index (χ2v) is 5.50. The first kappa shape index (κ1) is 15.6. The van der Waals surface area contributed by atoms with Gasteiger partial charge in [0.2, 0.25) is 0 Å². The third kappa shape index (κ3) is 4.07. The molecular weight excluding hydrogens is 266 g/mol. The standard InChI is InChI=1S/C17H22NO3/c1-3-10-21-17-13-16(5-4-15(17)2)14-18(6-9-19)7-11-20-12-8-18/h1,4-5,9,13H,6-8,10-12,14H2,2H3/q+1. The van der Waals surface area contributed by atoms with Gasteiger partial charge in [-0.25, -0.2) is 0 Å². The minimum Gasteiger partial charge on any atom is -0.481 e. The molecule has 1 aromatic rings.